The Balaban J connectivity index is 1.70. The summed E-state index contributed by atoms with van der Waals surface area (Å²) in [5.74, 6) is -0.0913. The summed E-state index contributed by atoms with van der Waals surface area (Å²) >= 11 is 2.62. The van der Waals surface area contributed by atoms with Gasteiger partial charge in [-0.2, -0.15) is 5.26 Å². The molecule has 0 aliphatic carbocycles. The molecule has 0 aliphatic heterocycles. The smallest absolute Gasteiger partial charge is 0.167 e. The molecule has 0 aliphatic rings. The van der Waals surface area contributed by atoms with E-state index in [9.17, 15) is 10.1 Å². The van der Waals surface area contributed by atoms with Crippen LogP contribution >= 0.6 is 23.1 Å². The van der Waals surface area contributed by atoms with Gasteiger partial charge in [0.25, 0.3) is 0 Å². The molecule has 0 saturated carbocycles. The lowest BCUT2D eigenvalue weighted by molar-refractivity contribution is -0.116. The number of rotatable bonds is 6. The number of Topliss-reactive ketones (excluding diaryl/α,β-unsaturated/α-hetero) is 1. The van der Waals surface area contributed by atoms with Crippen LogP contribution in [0.4, 0.5) is 0 Å². The molecule has 1 N–H and O–H groups in total. The number of nitrogens with zero attached hydrogens (tertiary/aromatic N) is 3. The minimum absolute atomic E-state index is 0.161. The van der Waals surface area contributed by atoms with Crippen LogP contribution in [0.2, 0.25) is 0 Å². The molecule has 0 radical (unpaired) electrons. The normalized spacial score (nSPS) is 12.0. The third kappa shape index (κ3) is 3.42. The zero-order valence-electron chi connectivity index (χ0n) is 13.1. The number of H-pyrrole nitrogens is 1. The largest absolute Gasteiger partial charge is 0.497 e. The van der Waals surface area contributed by atoms with Crippen molar-refractivity contribution in [2.45, 2.75) is 18.0 Å². The number of thioether (sulfide) groups is 1. The summed E-state index contributed by atoms with van der Waals surface area (Å²) in [7, 11) is 1.61. The highest BCUT2D eigenvalue weighted by molar-refractivity contribution is 7.99. The molecule has 122 valence electrons. The molecule has 1 atom stereocenters. The van der Waals surface area contributed by atoms with Crippen LogP contribution < -0.4 is 4.74 Å². The van der Waals surface area contributed by atoms with Gasteiger partial charge in [0.2, 0.25) is 0 Å². The van der Waals surface area contributed by atoms with Gasteiger partial charge in [0.05, 0.1) is 30.0 Å². The van der Waals surface area contributed by atoms with Crippen molar-refractivity contribution >= 4 is 39.9 Å². The fraction of sp³-hybridized carbons (Fsp3) is 0.250. The highest BCUT2D eigenvalue weighted by atomic mass is 32.2. The zero-order valence-corrected chi connectivity index (χ0v) is 14.7. The summed E-state index contributed by atoms with van der Waals surface area (Å²) in [5.41, 5.74) is 2.47. The molecule has 0 amide bonds. The van der Waals surface area contributed by atoms with Gasteiger partial charge in [-0.15, -0.1) is 11.3 Å². The highest BCUT2D eigenvalue weighted by Gasteiger charge is 2.23. The number of nitrogens with one attached hydrogen (secondary N) is 1. The Morgan fingerprint density at radius 3 is 3.00 bits per heavy atom. The number of aromatic nitrogens is 3. The van der Waals surface area contributed by atoms with Crippen LogP contribution in [0.5, 0.6) is 5.75 Å². The molecular formula is C16H14N4O2S2. The first kappa shape index (κ1) is 16.5. The number of imidazole rings is 1. The molecule has 1 aromatic carbocycles. The molecule has 3 rings (SSSR count). The van der Waals surface area contributed by atoms with Crippen molar-refractivity contribution in [2.24, 2.45) is 0 Å². The van der Waals surface area contributed by atoms with E-state index in [4.69, 9.17) is 4.74 Å². The third-order valence-electron chi connectivity index (χ3n) is 3.35. The van der Waals surface area contributed by atoms with Crippen molar-refractivity contribution in [3.63, 3.8) is 0 Å². The van der Waals surface area contributed by atoms with E-state index in [2.05, 4.69) is 15.0 Å². The first-order valence-electron chi connectivity index (χ1n) is 7.11. The molecule has 8 heteroatoms. The third-order valence-corrected chi connectivity index (χ3v) is 5.28. The first-order chi connectivity index (χ1) is 11.6. The van der Waals surface area contributed by atoms with E-state index in [1.54, 1.807) is 7.11 Å². The number of carbonyl (C=O) groups excluding carboxylic acids is 1. The number of methoxy groups -OCH3 is 1. The first-order valence-corrected chi connectivity index (χ1v) is 8.98. The summed E-state index contributed by atoms with van der Waals surface area (Å²) in [4.78, 5) is 24.2. The maximum Gasteiger partial charge on any atom is 0.167 e. The second-order valence-electron chi connectivity index (χ2n) is 5.07. The lowest BCUT2D eigenvalue weighted by atomic mass is 10.1. The number of fused-ring (bicyclic) bond motifs is 1. The molecule has 2 aromatic heterocycles. The lowest BCUT2D eigenvalue weighted by Gasteiger charge is -2.03. The fourth-order valence-electron chi connectivity index (χ4n) is 2.15. The standard InChI is InChI=1S/C16H14N4O2S2/c1-9-7-23-15(18-9)11(6-17)14(21)8-24-16-19-12-4-3-10(22-2)5-13(12)20-16/h3-5,7,11H,8H2,1-2H3,(H,19,20)/t11-/m1/s1. The average Bonchev–Trinajstić information content (AvgIpc) is 3.18. The number of thiazole rings is 1. The Kier molecular flexibility index (Phi) is 4.83. The maximum atomic E-state index is 12.3. The van der Waals surface area contributed by atoms with Crippen LogP contribution in [0, 0.1) is 18.3 Å². The Bertz CT molecular complexity index is 926. The second kappa shape index (κ2) is 7.03. The SMILES string of the molecule is COc1ccc2nc(SCC(=O)[C@@H](C#N)c3nc(C)cs3)[nH]c2c1. The maximum absolute atomic E-state index is 12.3. The number of ketones is 1. The molecule has 0 spiro atoms. The van der Waals surface area contributed by atoms with Gasteiger partial charge < -0.3 is 9.72 Å². The van der Waals surface area contributed by atoms with Gasteiger partial charge in [0, 0.05) is 17.1 Å². The number of aryl methyl sites for hydroxylation is 1. The summed E-state index contributed by atoms with van der Waals surface area (Å²) in [6, 6.07) is 7.59. The minimum atomic E-state index is -0.819. The quantitative estimate of drug-likeness (QED) is 0.680. The Labute approximate surface area is 146 Å². The fourth-order valence-corrected chi connectivity index (χ4v) is 3.80. The summed E-state index contributed by atoms with van der Waals surface area (Å²) in [6.45, 7) is 1.84. The van der Waals surface area contributed by atoms with Gasteiger partial charge in [0.15, 0.2) is 16.9 Å². The van der Waals surface area contributed by atoms with Crippen LogP contribution in [0.25, 0.3) is 11.0 Å². The molecule has 3 aromatic rings. The van der Waals surface area contributed by atoms with Gasteiger partial charge >= 0.3 is 0 Å². The van der Waals surface area contributed by atoms with Crippen molar-refractivity contribution in [1.82, 2.24) is 15.0 Å². The molecule has 0 saturated heterocycles. The van der Waals surface area contributed by atoms with Crippen molar-refractivity contribution in [1.29, 1.82) is 5.26 Å². The number of benzene rings is 1. The van der Waals surface area contributed by atoms with Crippen LogP contribution in [-0.2, 0) is 4.79 Å². The molecule has 0 fully saturated rings. The van der Waals surface area contributed by atoms with E-state index in [0.717, 1.165) is 22.5 Å². The van der Waals surface area contributed by atoms with Gasteiger partial charge in [-0.1, -0.05) is 11.8 Å². The van der Waals surface area contributed by atoms with E-state index in [0.29, 0.717) is 10.2 Å². The highest BCUT2D eigenvalue weighted by Crippen LogP contribution is 2.26. The van der Waals surface area contributed by atoms with Crippen molar-refractivity contribution < 1.29 is 9.53 Å². The average molecular weight is 358 g/mol. The number of carbonyl (C=O) groups is 1. The van der Waals surface area contributed by atoms with Crippen LogP contribution in [0.1, 0.15) is 16.6 Å². The predicted octanol–water partition coefficient (Wildman–Crippen LogP) is 3.31. The molecule has 0 unspecified atom stereocenters. The molecule has 24 heavy (non-hydrogen) atoms. The number of ether oxygens (including phenoxy) is 1. The molecule has 2 heterocycles. The van der Waals surface area contributed by atoms with Gasteiger partial charge in [0.1, 0.15) is 10.8 Å². The van der Waals surface area contributed by atoms with E-state index in [1.807, 2.05) is 36.6 Å². The number of hydrogen-bond donors (Lipinski definition) is 1. The van der Waals surface area contributed by atoms with Gasteiger partial charge in [-0.25, -0.2) is 9.97 Å². The minimum Gasteiger partial charge on any atom is -0.497 e. The van der Waals surface area contributed by atoms with Crippen LogP contribution in [-0.4, -0.2) is 33.6 Å². The van der Waals surface area contributed by atoms with Gasteiger partial charge in [-0.05, 0) is 19.1 Å². The second-order valence-corrected chi connectivity index (χ2v) is 6.92. The summed E-state index contributed by atoms with van der Waals surface area (Å²) < 4.78 is 5.18. The van der Waals surface area contributed by atoms with Crippen LogP contribution in [0.3, 0.4) is 0 Å². The van der Waals surface area contributed by atoms with E-state index < -0.39 is 5.92 Å². The van der Waals surface area contributed by atoms with E-state index in [-0.39, 0.29) is 11.5 Å². The van der Waals surface area contributed by atoms with Crippen LogP contribution in [0.15, 0.2) is 28.7 Å². The summed E-state index contributed by atoms with van der Waals surface area (Å²) in [6.07, 6.45) is 0. The van der Waals surface area contributed by atoms with E-state index in [1.165, 1.54) is 23.1 Å². The van der Waals surface area contributed by atoms with E-state index >= 15 is 0 Å². The van der Waals surface area contributed by atoms with Crippen molar-refractivity contribution in [3.05, 3.63) is 34.3 Å². The topological polar surface area (TPSA) is 91.7 Å². The zero-order chi connectivity index (χ0) is 17.1. The molecule has 6 nitrogen and oxygen atoms in total. The molecular weight excluding hydrogens is 344 g/mol. The Morgan fingerprint density at radius 2 is 2.33 bits per heavy atom. The molecule has 0 bridgehead atoms. The number of hydrogen-bond acceptors (Lipinski definition) is 7. The van der Waals surface area contributed by atoms with Gasteiger partial charge in [-0.3, -0.25) is 4.79 Å². The van der Waals surface area contributed by atoms with Crippen molar-refractivity contribution in [3.8, 4) is 11.8 Å². The Hall–Kier alpha value is -2.37. The number of nitriles is 1. The summed E-state index contributed by atoms with van der Waals surface area (Å²) in [5, 5.41) is 12.3. The predicted molar refractivity (Wildman–Crippen MR) is 93.6 cm³/mol. The lowest BCUT2D eigenvalue weighted by Crippen LogP contribution is -2.13. The number of aromatic amines is 1. The van der Waals surface area contributed by atoms with Crippen molar-refractivity contribution in [2.75, 3.05) is 12.9 Å². The Morgan fingerprint density at radius 1 is 1.50 bits per heavy atom. The monoisotopic (exact) mass is 358 g/mol.